The molecule has 0 saturated carbocycles. The summed E-state index contributed by atoms with van der Waals surface area (Å²) in [7, 11) is -10.2. The summed E-state index contributed by atoms with van der Waals surface area (Å²) in [5.41, 5.74) is -1.87. The molecule has 2 aliphatic rings. The molecule has 2 amide bonds. The van der Waals surface area contributed by atoms with Crippen LogP contribution in [0.2, 0.25) is 0 Å². The van der Waals surface area contributed by atoms with Crippen LogP contribution in [-0.4, -0.2) is 90.7 Å². The van der Waals surface area contributed by atoms with Gasteiger partial charge in [0.25, 0.3) is 43.4 Å². The number of hydrogen-bond donors (Lipinski definition) is 8. The van der Waals surface area contributed by atoms with Crippen LogP contribution in [0.15, 0.2) is 141 Å². The number of anilines is 4. The summed E-state index contributed by atoms with van der Waals surface area (Å²) in [5, 5.41) is 77.2. The molecule has 0 atom stereocenters. The van der Waals surface area contributed by atoms with Crippen LogP contribution < -0.4 is 110 Å². The standard InChI is InChI=1S/2C23H15N5O10S.Cr.3Na/c2*29-21-16-7-6-14(24-23(31)12-4-2-1-3-5-12)8-13(16)9-19(39(36,37)38)20(21)26-25-17-10-15(27(32)33)11-18(22(17)30)28(34)35;;;;/h2*1-11,25,30H,(H,24,31)(H,36,37,38);;;;/q;;;3*+1/b2*26-20-;;;;. The first-order valence-electron chi connectivity index (χ1n) is 21.2. The number of rotatable bonds is 14. The van der Waals surface area contributed by atoms with Crippen LogP contribution >= 0.6 is 0 Å². The number of carbonyl (C=O) groups is 4. The Bertz CT molecular complexity index is 3750. The fourth-order valence-electron chi connectivity index (χ4n) is 7.12. The molecular weight excluding hydrogens is 1200 g/mol. The van der Waals surface area contributed by atoms with Gasteiger partial charge in [0.2, 0.25) is 23.1 Å². The molecule has 0 aromatic heterocycles. The Kier molecular flexibility index (Phi) is 23.9. The Morgan fingerprint density at radius 2 is 0.817 bits per heavy atom. The zero-order valence-electron chi connectivity index (χ0n) is 41.9. The van der Waals surface area contributed by atoms with Crippen molar-refractivity contribution in [3.8, 4) is 11.5 Å². The van der Waals surface area contributed by atoms with Crippen LogP contribution in [0.4, 0.5) is 45.5 Å². The number of hydrogen-bond acceptors (Lipinski definition) is 22. The number of allylic oxidation sites excluding steroid dienone is 2. The number of fused-ring (bicyclic) bond motifs is 2. The second-order valence-electron chi connectivity index (χ2n) is 15.8. The Morgan fingerprint density at radius 3 is 1.11 bits per heavy atom. The number of aromatic hydroxyl groups is 2. The van der Waals surface area contributed by atoms with E-state index in [0.717, 1.165) is 12.2 Å². The number of carbonyl (C=O) groups excluding carboxylic acids is 4. The fraction of sp³-hybridized carbons (Fsp3) is 0. The minimum atomic E-state index is -5.08. The van der Waals surface area contributed by atoms with Crippen LogP contribution in [0.25, 0.3) is 12.2 Å². The van der Waals surface area contributed by atoms with Crippen LogP contribution in [-0.2, 0) is 37.6 Å². The normalized spacial score (nSPS) is 13.1. The molecule has 30 nitrogen and oxygen atoms in total. The van der Waals surface area contributed by atoms with Gasteiger partial charge >= 0.3 is 100 Å². The number of hydrazone groups is 2. The Labute approximate surface area is 536 Å². The van der Waals surface area contributed by atoms with Crippen LogP contribution in [0.5, 0.6) is 11.5 Å². The number of phenolic OH excluding ortho intramolecular Hbond substituents is 2. The first kappa shape index (κ1) is 68.8. The third-order valence-corrected chi connectivity index (χ3v) is 12.5. The Hall–Kier alpha value is -7.43. The SMILES string of the molecule is O=C(Nc1ccc2c(c1)C=C(S(=O)(=O)O)/C(=N/Nc1cc([N+](=O)[O-])cc([N+](=O)[O-])c1O)C2=O)c1ccccc1.O=C(Nc1ccc2c(c1)C=C(S(=O)(=O)O)/C(=N/Nc1cc([N+](=O)[O-])cc([N+](=O)[O-])c1O)C2=O)c1ccccc1.[Cr].[Na+].[Na+].[Na+]. The molecule has 2 aliphatic carbocycles. The number of phenols is 2. The Morgan fingerprint density at radius 1 is 0.488 bits per heavy atom. The summed E-state index contributed by atoms with van der Waals surface area (Å²) in [4.78, 5) is 89.6. The predicted molar refractivity (Wildman–Crippen MR) is 274 cm³/mol. The molecule has 0 fully saturated rings. The molecular formula is C46H30CrN10Na3O20S2+3. The molecule has 36 heteroatoms. The summed E-state index contributed by atoms with van der Waals surface area (Å²) in [5.74, 6) is -5.14. The molecule has 0 bridgehead atoms. The Balaban J connectivity index is 0.000000410. The van der Waals surface area contributed by atoms with Gasteiger partial charge in [-0.25, -0.2) is 0 Å². The summed E-state index contributed by atoms with van der Waals surface area (Å²) >= 11 is 0. The number of ketones is 2. The van der Waals surface area contributed by atoms with Gasteiger partial charge in [-0.3, -0.25) is 79.6 Å². The number of nitro benzene ring substituents is 4. The van der Waals surface area contributed by atoms with Crippen molar-refractivity contribution < 1.29 is 181 Å². The minimum Gasteiger partial charge on any atom is -0.501 e. The number of Topliss-reactive ketones (excluding diaryl/α,β-unsaturated/α-hetero) is 2. The van der Waals surface area contributed by atoms with Gasteiger partial charge in [0.1, 0.15) is 21.2 Å². The van der Waals surface area contributed by atoms with Gasteiger partial charge in [-0.1, -0.05) is 36.4 Å². The van der Waals surface area contributed by atoms with E-state index in [1.165, 1.54) is 36.4 Å². The molecule has 6 aromatic rings. The zero-order valence-corrected chi connectivity index (χ0v) is 50.8. The smallest absolute Gasteiger partial charge is 0.501 e. The molecule has 0 heterocycles. The molecule has 402 valence electrons. The first-order chi connectivity index (χ1) is 36.7. The third-order valence-electron chi connectivity index (χ3n) is 10.7. The van der Waals surface area contributed by atoms with E-state index in [4.69, 9.17) is 0 Å². The second kappa shape index (κ2) is 28.5. The largest absolute Gasteiger partial charge is 1.00 e. The molecule has 8 N–H and O–H groups in total. The fourth-order valence-corrected chi connectivity index (χ4v) is 8.44. The number of nitrogens with one attached hydrogen (secondary N) is 4. The zero-order chi connectivity index (χ0) is 57.0. The maximum atomic E-state index is 13.1. The summed E-state index contributed by atoms with van der Waals surface area (Å²) < 4.78 is 67.9. The van der Waals surface area contributed by atoms with E-state index in [9.17, 15) is 95.8 Å². The van der Waals surface area contributed by atoms with E-state index in [1.54, 1.807) is 60.7 Å². The van der Waals surface area contributed by atoms with Gasteiger partial charge in [-0.15, -0.1) is 0 Å². The molecule has 8 rings (SSSR count). The van der Waals surface area contributed by atoms with Crippen LogP contribution in [0.3, 0.4) is 0 Å². The minimum absolute atomic E-state index is 0. The topological polar surface area (TPSA) is 463 Å². The van der Waals surface area contributed by atoms with Crippen molar-refractivity contribution >= 4 is 113 Å². The van der Waals surface area contributed by atoms with Crippen LogP contribution in [0, 0.1) is 40.5 Å². The first-order valence-corrected chi connectivity index (χ1v) is 24.1. The van der Waals surface area contributed by atoms with Gasteiger partial charge in [-0.2, -0.15) is 27.0 Å². The molecule has 0 spiro atoms. The van der Waals surface area contributed by atoms with Crippen molar-refractivity contribution in [3.63, 3.8) is 0 Å². The molecule has 82 heavy (non-hydrogen) atoms. The predicted octanol–water partition coefficient (Wildman–Crippen LogP) is -2.28. The number of nitrogens with zero attached hydrogens (tertiary/aromatic N) is 6. The summed E-state index contributed by atoms with van der Waals surface area (Å²) in [6.45, 7) is 0. The average Bonchev–Trinajstić information content (AvgIpc) is 3.39. The van der Waals surface area contributed by atoms with E-state index < -0.39 is 130 Å². The van der Waals surface area contributed by atoms with Gasteiger partial charge in [0, 0.05) is 63.1 Å². The van der Waals surface area contributed by atoms with Crippen LogP contribution in [0.1, 0.15) is 52.6 Å². The molecule has 0 radical (unpaired) electrons. The number of nitro groups is 4. The monoisotopic (exact) mass is 1230 g/mol. The molecule has 0 unspecified atom stereocenters. The number of amides is 2. The summed E-state index contributed by atoms with van der Waals surface area (Å²) in [6, 6.07) is 26.5. The quantitative estimate of drug-likeness (QED) is 0.0187. The van der Waals surface area contributed by atoms with E-state index in [-0.39, 0.29) is 140 Å². The van der Waals surface area contributed by atoms with E-state index in [2.05, 4.69) is 20.8 Å². The molecule has 0 aliphatic heterocycles. The maximum Gasteiger partial charge on any atom is 1.00 e. The van der Waals surface area contributed by atoms with Crippen molar-refractivity contribution in [1.29, 1.82) is 0 Å². The molecule has 6 aromatic carbocycles. The number of benzene rings is 6. The maximum absolute atomic E-state index is 13.1. The van der Waals surface area contributed by atoms with E-state index in [1.807, 2.05) is 10.9 Å². The second-order valence-corrected chi connectivity index (χ2v) is 18.5. The van der Waals surface area contributed by atoms with Crippen molar-refractivity contribution in [2.75, 3.05) is 21.5 Å². The van der Waals surface area contributed by atoms with E-state index >= 15 is 0 Å². The van der Waals surface area contributed by atoms with Gasteiger partial charge < -0.3 is 20.8 Å². The van der Waals surface area contributed by atoms with Gasteiger partial charge in [0.15, 0.2) is 11.4 Å². The van der Waals surface area contributed by atoms with Gasteiger partial charge in [-0.05, 0) is 83.9 Å². The van der Waals surface area contributed by atoms with Crippen molar-refractivity contribution in [3.05, 3.63) is 205 Å². The van der Waals surface area contributed by atoms with Crippen molar-refractivity contribution in [1.82, 2.24) is 0 Å². The average molecular weight is 1230 g/mol. The van der Waals surface area contributed by atoms with E-state index in [0.29, 0.717) is 35.4 Å². The summed E-state index contributed by atoms with van der Waals surface area (Å²) in [6.07, 6.45) is 1.81. The number of non-ortho nitro benzene ring substituents is 2. The van der Waals surface area contributed by atoms with Gasteiger partial charge in [0.05, 0.1) is 31.8 Å². The molecule has 0 saturated heterocycles. The van der Waals surface area contributed by atoms with Crippen molar-refractivity contribution in [2.24, 2.45) is 10.2 Å². The van der Waals surface area contributed by atoms with Crippen molar-refractivity contribution in [2.45, 2.75) is 0 Å². The third kappa shape index (κ3) is 16.0.